The maximum Gasteiger partial charge on any atom is 0.310 e. The molecule has 4 aliphatic carbocycles. The summed E-state index contributed by atoms with van der Waals surface area (Å²) >= 11 is 0. The van der Waals surface area contributed by atoms with Gasteiger partial charge in [-0.15, -0.1) is 0 Å². The van der Waals surface area contributed by atoms with Gasteiger partial charge in [0.2, 0.25) is 0 Å². The van der Waals surface area contributed by atoms with Crippen LogP contribution in [0.4, 0.5) is 0 Å². The van der Waals surface area contributed by atoms with Gasteiger partial charge in [0.25, 0.3) is 0 Å². The standard InChI is InChI=1S/C21H22O5/c1-8-7-25-19-16-12(22)4-5-13(23)17(16)20-15-11(21(24)26-20)6-9-2-3-10(8)14(9)18(15)19/h4-5,8-11,14-15,18-20H,2-3,6-7H2,1H3. The van der Waals surface area contributed by atoms with E-state index in [1.165, 1.54) is 18.6 Å². The van der Waals surface area contributed by atoms with Crippen LogP contribution in [-0.4, -0.2) is 36.4 Å². The normalized spacial score (nSPS) is 51.1. The zero-order valence-electron chi connectivity index (χ0n) is 14.7. The molecule has 6 aliphatic rings. The van der Waals surface area contributed by atoms with Gasteiger partial charge in [0.05, 0.1) is 18.6 Å². The Morgan fingerprint density at radius 1 is 0.923 bits per heavy atom. The number of fused-ring (bicyclic) bond motifs is 2. The minimum atomic E-state index is -0.552. The van der Waals surface area contributed by atoms with Gasteiger partial charge in [-0.2, -0.15) is 0 Å². The fraction of sp³-hybridized carbons (Fsp3) is 0.667. The summed E-state index contributed by atoms with van der Waals surface area (Å²) in [5, 5.41) is 0. The van der Waals surface area contributed by atoms with Crippen molar-refractivity contribution in [2.24, 2.45) is 41.4 Å². The first-order chi connectivity index (χ1) is 12.6. The number of carbonyl (C=O) groups excluding carboxylic acids is 3. The van der Waals surface area contributed by atoms with Crippen molar-refractivity contribution in [1.82, 2.24) is 0 Å². The molecule has 2 aliphatic heterocycles. The van der Waals surface area contributed by atoms with Crippen LogP contribution < -0.4 is 0 Å². The van der Waals surface area contributed by atoms with Gasteiger partial charge < -0.3 is 9.47 Å². The summed E-state index contributed by atoms with van der Waals surface area (Å²) in [5.41, 5.74) is 0.889. The van der Waals surface area contributed by atoms with Gasteiger partial charge in [0, 0.05) is 23.0 Å². The topological polar surface area (TPSA) is 69.7 Å². The summed E-state index contributed by atoms with van der Waals surface area (Å²) in [6.07, 6.45) is 4.99. The number of hydrogen-bond acceptors (Lipinski definition) is 5. The number of carbonyl (C=O) groups is 3. The molecule has 0 radical (unpaired) electrons. The first-order valence-electron chi connectivity index (χ1n) is 9.89. The third-order valence-corrected chi connectivity index (χ3v) is 8.11. The van der Waals surface area contributed by atoms with E-state index in [1.807, 2.05) is 0 Å². The highest BCUT2D eigenvalue weighted by atomic mass is 16.6. The highest BCUT2D eigenvalue weighted by Crippen LogP contribution is 2.63. The van der Waals surface area contributed by atoms with Crippen molar-refractivity contribution in [3.8, 4) is 0 Å². The fourth-order valence-electron chi connectivity index (χ4n) is 7.25. The highest BCUT2D eigenvalue weighted by Gasteiger charge is 2.66. The third-order valence-electron chi connectivity index (χ3n) is 8.11. The Bertz CT molecular complexity index is 807. The molecular formula is C21H22O5. The van der Waals surface area contributed by atoms with Gasteiger partial charge in [0.15, 0.2) is 11.6 Å². The SMILES string of the molecule is CC1COC2C3=C(C(=O)C=CC3=O)C3OC(=O)C4CC5CCC1C5C2C43. The molecule has 0 spiro atoms. The summed E-state index contributed by atoms with van der Waals surface area (Å²) < 4.78 is 12.1. The lowest BCUT2D eigenvalue weighted by molar-refractivity contribution is -0.144. The first kappa shape index (κ1) is 15.3. The molecule has 4 fully saturated rings. The number of ether oxygens (including phenoxy) is 2. The van der Waals surface area contributed by atoms with Crippen molar-refractivity contribution in [2.45, 2.75) is 38.4 Å². The van der Waals surface area contributed by atoms with Crippen LogP contribution in [0.25, 0.3) is 0 Å². The van der Waals surface area contributed by atoms with Gasteiger partial charge in [0.1, 0.15) is 6.10 Å². The van der Waals surface area contributed by atoms with Crippen LogP contribution in [-0.2, 0) is 23.9 Å². The first-order valence-corrected chi connectivity index (χ1v) is 9.89. The van der Waals surface area contributed by atoms with E-state index in [-0.39, 0.29) is 41.4 Å². The molecule has 2 heterocycles. The molecule has 136 valence electrons. The van der Waals surface area contributed by atoms with E-state index in [0.29, 0.717) is 41.4 Å². The van der Waals surface area contributed by atoms with Crippen LogP contribution in [0.1, 0.15) is 26.2 Å². The maximum atomic E-state index is 12.8. The van der Waals surface area contributed by atoms with Crippen molar-refractivity contribution in [1.29, 1.82) is 0 Å². The maximum absolute atomic E-state index is 12.8. The van der Waals surface area contributed by atoms with Gasteiger partial charge >= 0.3 is 5.97 Å². The Morgan fingerprint density at radius 2 is 1.65 bits per heavy atom. The molecule has 9 unspecified atom stereocenters. The van der Waals surface area contributed by atoms with Crippen LogP contribution in [0, 0.1) is 41.4 Å². The largest absolute Gasteiger partial charge is 0.457 e. The summed E-state index contributed by atoms with van der Waals surface area (Å²) in [6.45, 7) is 2.86. The Kier molecular flexibility index (Phi) is 2.91. The second-order valence-electron chi connectivity index (χ2n) is 9.05. The summed E-state index contributed by atoms with van der Waals surface area (Å²) in [5.74, 6) is 1.45. The van der Waals surface area contributed by atoms with Crippen LogP contribution in [0.15, 0.2) is 23.3 Å². The molecule has 0 N–H and O–H groups in total. The van der Waals surface area contributed by atoms with Gasteiger partial charge in [-0.3, -0.25) is 14.4 Å². The van der Waals surface area contributed by atoms with Gasteiger partial charge in [-0.1, -0.05) is 6.92 Å². The summed E-state index contributed by atoms with van der Waals surface area (Å²) in [6, 6.07) is 0. The quantitative estimate of drug-likeness (QED) is 0.491. The van der Waals surface area contributed by atoms with Crippen LogP contribution >= 0.6 is 0 Å². The number of esters is 1. The van der Waals surface area contributed by atoms with E-state index >= 15 is 0 Å². The van der Waals surface area contributed by atoms with Crippen LogP contribution in [0.3, 0.4) is 0 Å². The zero-order valence-corrected chi connectivity index (χ0v) is 14.7. The molecule has 0 aromatic heterocycles. The van der Waals surface area contributed by atoms with E-state index in [4.69, 9.17) is 9.47 Å². The molecule has 0 aromatic carbocycles. The van der Waals surface area contributed by atoms with E-state index in [9.17, 15) is 14.4 Å². The average molecular weight is 354 g/mol. The molecule has 9 atom stereocenters. The van der Waals surface area contributed by atoms with E-state index in [2.05, 4.69) is 6.92 Å². The van der Waals surface area contributed by atoms with E-state index in [0.717, 1.165) is 12.8 Å². The Morgan fingerprint density at radius 3 is 2.42 bits per heavy atom. The van der Waals surface area contributed by atoms with E-state index in [1.54, 1.807) is 0 Å². The van der Waals surface area contributed by atoms with Crippen LogP contribution in [0.5, 0.6) is 0 Å². The average Bonchev–Trinajstić information content (AvgIpc) is 3.15. The third kappa shape index (κ3) is 1.68. The molecule has 2 saturated heterocycles. The number of allylic oxidation sites excluding steroid dienone is 2. The molecule has 26 heavy (non-hydrogen) atoms. The Balaban J connectivity index is 1.59. The Hall–Kier alpha value is -1.75. The van der Waals surface area contributed by atoms with Gasteiger partial charge in [-0.25, -0.2) is 0 Å². The van der Waals surface area contributed by atoms with Crippen molar-refractivity contribution in [3.63, 3.8) is 0 Å². The minimum absolute atomic E-state index is 0.0124. The monoisotopic (exact) mass is 354 g/mol. The predicted molar refractivity (Wildman–Crippen MR) is 89.8 cm³/mol. The van der Waals surface area contributed by atoms with Crippen molar-refractivity contribution < 1.29 is 23.9 Å². The molecule has 0 bridgehead atoms. The molecule has 6 rings (SSSR count). The second kappa shape index (κ2) is 4.94. The Labute approximate surface area is 151 Å². The molecule has 0 amide bonds. The van der Waals surface area contributed by atoms with Crippen molar-refractivity contribution in [3.05, 3.63) is 23.3 Å². The number of hydrogen-bond donors (Lipinski definition) is 0. The zero-order chi connectivity index (χ0) is 17.7. The lowest BCUT2D eigenvalue weighted by atomic mass is 9.54. The predicted octanol–water partition coefficient (Wildman–Crippen LogP) is 1.86. The number of rotatable bonds is 0. The summed E-state index contributed by atoms with van der Waals surface area (Å²) in [7, 11) is 0. The molecule has 2 saturated carbocycles. The van der Waals surface area contributed by atoms with Gasteiger partial charge in [-0.05, 0) is 55.1 Å². The van der Waals surface area contributed by atoms with Crippen molar-refractivity contribution >= 4 is 17.5 Å². The van der Waals surface area contributed by atoms with Crippen molar-refractivity contribution in [2.75, 3.05) is 6.61 Å². The molecule has 0 aromatic rings. The summed E-state index contributed by atoms with van der Waals surface area (Å²) in [4.78, 5) is 38.1. The fourth-order valence-corrected chi connectivity index (χ4v) is 7.25. The van der Waals surface area contributed by atoms with Crippen LogP contribution in [0.2, 0.25) is 0 Å². The molecule has 5 heteroatoms. The smallest absolute Gasteiger partial charge is 0.310 e. The molecule has 5 nitrogen and oxygen atoms in total. The minimum Gasteiger partial charge on any atom is -0.457 e. The number of ketones is 2. The second-order valence-corrected chi connectivity index (χ2v) is 9.05. The molecular weight excluding hydrogens is 332 g/mol. The van der Waals surface area contributed by atoms with E-state index < -0.39 is 6.10 Å². The lowest BCUT2D eigenvalue weighted by Gasteiger charge is -2.49. The lowest BCUT2D eigenvalue weighted by Crippen LogP contribution is -2.54. The highest BCUT2D eigenvalue weighted by molar-refractivity contribution is 6.21.